The van der Waals surface area contributed by atoms with Crippen LogP contribution >= 0.6 is 0 Å². The largest absolute Gasteiger partial charge is 0.487 e. The lowest BCUT2D eigenvalue weighted by atomic mass is 9.80. The van der Waals surface area contributed by atoms with Crippen LogP contribution in [-0.2, 0) is 0 Å². The first-order valence-corrected chi connectivity index (χ1v) is 11.5. The summed E-state index contributed by atoms with van der Waals surface area (Å²) in [4.78, 5) is 0. The summed E-state index contributed by atoms with van der Waals surface area (Å²) in [5.41, 5.74) is -2.55. The van der Waals surface area contributed by atoms with Gasteiger partial charge in [-0.15, -0.1) is 0 Å². The fraction of sp³-hybridized carbons (Fsp3) is 0.462. The van der Waals surface area contributed by atoms with Crippen LogP contribution in [0.25, 0.3) is 17.2 Å². The van der Waals surface area contributed by atoms with E-state index in [0.29, 0.717) is 36.6 Å². The number of rotatable bonds is 8. The molecule has 1 fully saturated rings. The normalized spacial score (nSPS) is 19.2. The van der Waals surface area contributed by atoms with Crippen LogP contribution in [0.5, 0.6) is 5.75 Å². The van der Waals surface area contributed by atoms with Crippen LogP contribution < -0.4 is 4.74 Å². The van der Waals surface area contributed by atoms with Crippen molar-refractivity contribution in [3.8, 4) is 16.9 Å². The Balaban J connectivity index is 1.69. The Morgan fingerprint density at radius 1 is 0.833 bits per heavy atom. The first-order chi connectivity index (χ1) is 16.7. The van der Waals surface area contributed by atoms with Gasteiger partial charge < -0.3 is 4.74 Å². The molecule has 0 aromatic heterocycles. The van der Waals surface area contributed by atoms with E-state index in [0.717, 1.165) is 25.7 Å². The zero-order chi connectivity index (χ0) is 26.7. The molecule has 3 rings (SSSR count). The van der Waals surface area contributed by atoms with Crippen LogP contribution in [0.3, 0.4) is 0 Å². The predicted molar refractivity (Wildman–Crippen MR) is 118 cm³/mol. The van der Waals surface area contributed by atoms with E-state index in [2.05, 4.69) is 6.92 Å². The fourth-order valence-corrected chi connectivity index (χ4v) is 4.27. The molecule has 2 aromatic carbocycles. The zero-order valence-electron chi connectivity index (χ0n) is 19.4. The van der Waals surface area contributed by atoms with Gasteiger partial charge in [0, 0.05) is 30.2 Å². The van der Waals surface area contributed by atoms with Gasteiger partial charge in [-0.2, -0.15) is 13.2 Å². The van der Waals surface area contributed by atoms with Gasteiger partial charge in [-0.3, -0.25) is 0 Å². The highest BCUT2D eigenvalue weighted by atomic mass is 19.4. The van der Waals surface area contributed by atoms with E-state index in [1.807, 2.05) is 0 Å². The van der Waals surface area contributed by atoms with Crippen molar-refractivity contribution < 1.29 is 44.3 Å². The van der Waals surface area contributed by atoms with Crippen LogP contribution in [0.1, 0.15) is 51.0 Å². The molecule has 0 amide bonds. The molecule has 10 heteroatoms. The van der Waals surface area contributed by atoms with Crippen molar-refractivity contribution in [1.82, 2.24) is 0 Å². The summed E-state index contributed by atoms with van der Waals surface area (Å²) in [5.74, 6) is -8.60. The van der Waals surface area contributed by atoms with E-state index in [1.54, 1.807) is 0 Å². The Bertz CT molecular complexity index is 1040. The molecular formula is C26H25F9O. The number of allylic oxidation sites excluding steroid dienone is 1. The third-order valence-electron chi connectivity index (χ3n) is 6.33. The molecular weight excluding hydrogens is 499 g/mol. The van der Waals surface area contributed by atoms with Crippen molar-refractivity contribution in [3.63, 3.8) is 0 Å². The highest BCUT2D eigenvalue weighted by molar-refractivity contribution is 5.68. The molecule has 0 heterocycles. The first-order valence-electron chi connectivity index (χ1n) is 11.5. The summed E-state index contributed by atoms with van der Waals surface area (Å²) in [6, 6.07) is 2.15. The maximum Gasteiger partial charge on any atom is 0.409 e. The fourth-order valence-electron chi connectivity index (χ4n) is 4.27. The molecule has 0 spiro atoms. The summed E-state index contributed by atoms with van der Waals surface area (Å²) in [6.07, 6.45) is -1.39. The third-order valence-corrected chi connectivity index (χ3v) is 6.33. The van der Waals surface area contributed by atoms with Gasteiger partial charge >= 0.3 is 6.18 Å². The van der Waals surface area contributed by atoms with E-state index in [1.165, 1.54) is 0 Å². The quantitative estimate of drug-likeness (QED) is 0.313. The Morgan fingerprint density at radius 3 is 1.92 bits per heavy atom. The van der Waals surface area contributed by atoms with Gasteiger partial charge in [-0.1, -0.05) is 32.6 Å². The van der Waals surface area contributed by atoms with Gasteiger partial charge in [0.2, 0.25) is 0 Å². The molecule has 36 heavy (non-hydrogen) atoms. The van der Waals surface area contributed by atoms with Gasteiger partial charge in [0.05, 0.1) is 5.56 Å². The van der Waals surface area contributed by atoms with Crippen LogP contribution in [0.2, 0.25) is 0 Å². The predicted octanol–water partition coefficient (Wildman–Crippen LogP) is 9.11. The average molecular weight is 524 g/mol. The Hall–Kier alpha value is -2.65. The third kappa shape index (κ3) is 7.67. The van der Waals surface area contributed by atoms with Gasteiger partial charge in [0.25, 0.3) is 5.92 Å². The van der Waals surface area contributed by atoms with Crippen molar-refractivity contribution in [3.05, 3.63) is 59.2 Å². The number of hydrogen-bond acceptors (Lipinski definition) is 1. The van der Waals surface area contributed by atoms with Crippen molar-refractivity contribution >= 4 is 6.08 Å². The highest BCUT2D eigenvalue weighted by Gasteiger charge is 2.32. The Kier molecular flexibility index (Phi) is 8.67. The molecule has 2 aromatic rings. The van der Waals surface area contributed by atoms with E-state index in [9.17, 15) is 39.5 Å². The van der Waals surface area contributed by atoms with Gasteiger partial charge in [-0.05, 0) is 42.0 Å². The minimum atomic E-state index is -4.82. The Morgan fingerprint density at radius 2 is 1.39 bits per heavy atom. The summed E-state index contributed by atoms with van der Waals surface area (Å²) in [5, 5.41) is 0. The number of hydrogen-bond donors (Lipinski definition) is 0. The number of benzene rings is 2. The second-order valence-electron chi connectivity index (χ2n) is 9.30. The van der Waals surface area contributed by atoms with E-state index in [4.69, 9.17) is 4.74 Å². The number of alkyl halides is 5. The standard InChI is InChI=1S/C26H25F9O/c1-15-2-4-16(5-3-15)6-8-25(31,32)14-36-18-12-22(29)24(23(30)13-18)17-10-20(27)19(21(28)11-17)7-9-26(33,34)35/h7,9-13,15-16H,2-6,8,14H2,1H3/b9-7+. The van der Waals surface area contributed by atoms with Gasteiger partial charge in [0.1, 0.15) is 29.0 Å². The SMILES string of the molecule is CC1CCC(CCC(F)(F)COc2cc(F)c(-c3cc(F)c(/C=C/C(F)(F)F)c(F)c3)c(F)c2)CC1. The minimum absolute atomic E-state index is 0.160. The number of ether oxygens (including phenoxy) is 1. The molecule has 0 saturated heterocycles. The second kappa shape index (κ2) is 11.2. The second-order valence-corrected chi connectivity index (χ2v) is 9.30. The molecule has 1 aliphatic carbocycles. The summed E-state index contributed by atoms with van der Waals surface area (Å²) in [7, 11) is 0. The smallest absolute Gasteiger partial charge is 0.409 e. The number of halogens is 9. The molecule has 1 aliphatic rings. The lowest BCUT2D eigenvalue weighted by molar-refractivity contribution is -0.0790. The molecule has 0 unspecified atom stereocenters. The maximum atomic E-state index is 14.6. The van der Waals surface area contributed by atoms with Crippen molar-refractivity contribution in [2.75, 3.05) is 6.61 Å². The lowest BCUT2D eigenvalue weighted by Crippen LogP contribution is -2.27. The molecule has 1 nitrogen and oxygen atoms in total. The maximum absolute atomic E-state index is 14.6. The molecule has 0 atom stereocenters. The summed E-state index contributed by atoms with van der Waals surface area (Å²) >= 11 is 0. The molecule has 1 saturated carbocycles. The summed E-state index contributed by atoms with van der Waals surface area (Å²) in [6.45, 7) is 1.03. The van der Waals surface area contributed by atoms with Gasteiger partial charge in [-0.25, -0.2) is 26.3 Å². The van der Waals surface area contributed by atoms with Crippen LogP contribution in [0, 0.1) is 35.1 Å². The van der Waals surface area contributed by atoms with E-state index in [-0.39, 0.29) is 18.1 Å². The monoisotopic (exact) mass is 524 g/mol. The summed E-state index contributed by atoms with van der Waals surface area (Å²) < 4.78 is 128. The molecule has 0 N–H and O–H groups in total. The molecule has 0 aliphatic heterocycles. The lowest BCUT2D eigenvalue weighted by Gasteiger charge is -2.27. The van der Waals surface area contributed by atoms with Crippen molar-refractivity contribution in [1.29, 1.82) is 0 Å². The van der Waals surface area contributed by atoms with Crippen molar-refractivity contribution in [2.24, 2.45) is 11.8 Å². The zero-order valence-corrected chi connectivity index (χ0v) is 19.4. The minimum Gasteiger partial charge on any atom is -0.487 e. The van der Waals surface area contributed by atoms with Gasteiger partial charge in [0.15, 0.2) is 6.61 Å². The Labute approximate surface area is 203 Å². The molecule has 0 radical (unpaired) electrons. The topological polar surface area (TPSA) is 9.23 Å². The van der Waals surface area contributed by atoms with Crippen LogP contribution in [-0.4, -0.2) is 18.7 Å². The van der Waals surface area contributed by atoms with E-state index >= 15 is 0 Å². The molecule has 198 valence electrons. The van der Waals surface area contributed by atoms with Crippen LogP contribution in [0.15, 0.2) is 30.3 Å². The van der Waals surface area contributed by atoms with Crippen molar-refractivity contribution in [2.45, 2.75) is 57.5 Å². The highest BCUT2D eigenvalue weighted by Crippen LogP contribution is 2.36. The average Bonchev–Trinajstić information content (AvgIpc) is 2.76. The van der Waals surface area contributed by atoms with Crippen LogP contribution in [0.4, 0.5) is 39.5 Å². The van der Waals surface area contributed by atoms with E-state index < -0.39 is 70.8 Å². The molecule has 0 bridgehead atoms. The first kappa shape index (κ1) is 27.9.